The zero-order chi connectivity index (χ0) is 13.7. The number of rotatable bonds is 5. The first-order valence-corrected chi connectivity index (χ1v) is 6.79. The van der Waals surface area contributed by atoms with Gasteiger partial charge < -0.3 is 10.6 Å². The largest absolute Gasteiger partial charge is 0.354 e. The van der Waals surface area contributed by atoms with E-state index in [0.29, 0.717) is 11.1 Å². The zero-order valence-electron chi connectivity index (χ0n) is 10.8. The predicted octanol–water partition coefficient (Wildman–Crippen LogP) is 1.74. The monoisotopic (exact) mass is 277 g/mol. The first-order chi connectivity index (χ1) is 9.13. The summed E-state index contributed by atoms with van der Waals surface area (Å²) >= 11 is 1.42. The Morgan fingerprint density at radius 1 is 1.37 bits per heavy atom. The van der Waals surface area contributed by atoms with E-state index in [0.717, 1.165) is 5.69 Å². The zero-order valence-corrected chi connectivity index (χ0v) is 11.6. The van der Waals surface area contributed by atoms with Crippen LogP contribution in [0.2, 0.25) is 0 Å². The first-order valence-electron chi connectivity index (χ1n) is 5.91. The van der Waals surface area contributed by atoms with Gasteiger partial charge in [0.2, 0.25) is 11.9 Å². The van der Waals surface area contributed by atoms with Crippen LogP contribution in [0.4, 0.5) is 11.1 Å². The Morgan fingerprint density at radius 3 is 2.79 bits per heavy atom. The number of thiazole rings is 1. The highest BCUT2D eigenvalue weighted by Crippen LogP contribution is 2.18. The topological polar surface area (TPSA) is 79.8 Å². The lowest BCUT2D eigenvalue weighted by atomic mass is 10.3. The molecule has 0 atom stereocenters. The van der Waals surface area contributed by atoms with Gasteiger partial charge in [-0.15, -0.1) is 11.3 Å². The average Bonchev–Trinajstić information content (AvgIpc) is 2.76. The molecule has 2 aromatic heterocycles. The predicted molar refractivity (Wildman–Crippen MR) is 74.4 cm³/mol. The van der Waals surface area contributed by atoms with Crippen molar-refractivity contribution in [2.75, 3.05) is 5.32 Å². The summed E-state index contributed by atoms with van der Waals surface area (Å²) in [5.41, 5.74) is 0.738. The SMILES string of the molecule is CC(C)NC(=O)Cc1csc(Nc2ncccn2)n1. The van der Waals surface area contributed by atoms with Crippen LogP contribution in [0.1, 0.15) is 19.5 Å². The van der Waals surface area contributed by atoms with E-state index in [9.17, 15) is 4.79 Å². The van der Waals surface area contributed by atoms with Gasteiger partial charge in [0.1, 0.15) is 0 Å². The number of carbonyl (C=O) groups excluding carboxylic acids is 1. The molecule has 0 saturated heterocycles. The highest BCUT2D eigenvalue weighted by Gasteiger charge is 2.09. The number of nitrogens with one attached hydrogen (secondary N) is 2. The van der Waals surface area contributed by atoms with Crippen LogP contribution in [-0.2, 0) is 11.2 Å². The number of hydrogen-bond donors (Lipinski definition) is 2. The number of anilines is 2. The minimum absolute atomic E-state index is 0.0252. The normalized spacial score (nSPS) is 10.5. The smallest absolute Gasteiger partial charge is 0.228 e. The summed E-state index contributed by atoms with van der Waals surface area (Å²) in [7, 11) is 0. The molecule has 0 spiro atoms. The van der Waals surface area contributed by atoms with E-state index in [1.807, 2.05) is 19.2 Å². The van der Waals surface area contributed by atoms with Crippen LogP contribution >= 0.6 is 11.3 Å². The molecule has 0 unspecified atom stereocenters. The van der Waals surface area contributed by atoms with Crippen molar-refractivity contribution in [2.24, 2.45) is 0 Å². The second-order valence-corrected chi connectivity index (χ2v) is 5.10. The molecule has 2 aromatic rings. The van der Waals surface area contributed by atoms with Gasteiger partial charge in [0.05, 0.1) is 12.1 Å². The van der Waals surface area contributed by atoms with Gasteiger partial charge in [0, 0.05) is 23.8 Å². The van der Waals surface area contributed by atoms with Crippen LogP contribution < -0.4 is 10.6 Å². The highest BCUT2D eigenvalue weighted by atomic mass is 32.1. The van der Waals surface area contributed by atoms with E-state index >= 15 is 0 Å². The van der Waals surface area contributed by atoms with Gasteiger partial charge in [0.15, 0.2) is 5.13 Å². The third-order valence-corrected chi connectivity index (χ3v) is 2.93. The molecule has 0 radical (unpaired) electrons. The molecule has 0 aliphatic carbocycles. The second kappa shape index (κ2) is 6.24. The van der Waals surface area contributed by atoms with E-state index in [2.05, 4.69) is 25.6 Å². The maximum atomic E-state index is 11.6. The van der Waals surface area contributed by atoms with E-state index in [1.165, 1.54) is 11.3 Å². The molecular formula is C12H15N5OS. The Kier molecular flexibility index (Phi) is 4.40. The Balaban J connectivity index is 1.94. The van der Waals surface area contributed by atoms with E-state index in [1.54, 1.807) is 18.5 Å². The van der Waals surface area contributed by atoms with E-state index in [-0.39, 0.29) is 18.4 Å². The number of carbonyl (C=O) groups is 1. The van der Waals surface area contributed by atoms with Gasteiger partial charge in [0.25, 0.3) is 0 Å². The summed E-state index contributed by atoms with van der Waals surface area (Å²) in [6.45, 7) is 3.86. The first kappa shape index (κ1) is 13.4. The van der Waals surface area contributed by atoms with Crippen molar-refractivity contribution in [3.63, 3.8) is 0 Å². The maximum Gasteiger partial charge on any atom is 0.228 e. The lowest BCUT2D eigenvalue weighted by Crippen LogP contribution is -2.31. The van der Waals surface area contributed by atoms with Gasteiger partial charge in [-0.2, -0.15) is 0 Å². The molecule has 0 bridgehead atoms. The summed E-state index contributed by atoms with van der Waals surface area (Å²) < 4.78 is 0. The van der Waals surface area contributed by atoms with Crippen molar-refractivity contribution >= 4 is 28.3 Å². The van der Waals surface area contributed by atoms with Crippen molar-refractivity contribution in [2.45, 2.75) is 26.3 Å². The van der Waals surface area contributed by atoms with Gasteiger partial charge >= 0.3 is 0 Å². The lowest BCUT2D eigenvalue weighted by molar-refractivity contribution is -0.120. The van der Waals surface area contributed by atoms with Gasteiger partial charge in [-0.3, -0.25) is 4.79 Å². The molecular weight excluding hydrogens is 262 g/mol. The standard InChI is InChI=1S/C12H15N5OS/c1-8(2)15-10(18)6-9-7-19-12(16-9)17-11-13-4-3-5-14-11/h3-5,7-8H,6H2,1-2H3,(H,15,18)(H,13,14,16,17). The molecule has 0 aromatic carbocycles. The molecule has 2 N–H and O–H groups in total. The lowest BCUT2D eigenvalue weighted by Gasteiger charge is -2.06. The highest BCUT2D eigenvalue weighted by molar-refractivity contribution is 7.13. The third kappa shape index (κ3) is 4.29. The molecule has 6 nitrogen and oxygen atoms in total. The van der Waals surface area contributed by atoms with Crippen molar-refractivity contribution in [1.29, 1.82) is 0 Å². The number of nitrogens with zero attached hydrogens (tertiary/aromatic N) is 3. The molecule has 2 rings (SSSR count). The fourth-order valence-electron chi connectivity index (χ4n) is 1.44. The fraction of sp³-hybridized carbons (Fsp3) is 0.333. The minimum atomic E-state index is -0.0252. The Bertz CT molecular complexity index is 540. The Hall–Kier alpha value is -2.02. The second-order valence-electron chi connectivity index (χ2n) is 4.24. The van der Waals surface area contributed by atoms with Crippen molar-refractivity contribution in [1.82, 2.24) is 20.3 Å². The summed E-state index contributed by atoms with van der Waals surface area (Å²) in [6, 6.07) is 1.88. The number of aromatic nitrogens is 3. The molecule has 1 amide bonds. The van der Waals surface area contributed by atoms with E-state index in [4.69, 9.17) is 0 Å². The molecule has 0 aliphatic heterocycles. The molecule has 19 heavy (non-hydrogen) atoms. The Morgan fingerprint density at radius 2 is 2.11 bits per heavy atom. The quantitative estimate of drug-likeness (QED) is 0.870. The minimum Gasteiger partial charge on any atom is -0.354 e. The fourth-order valence-corrected chi connectivity index (χ4v) is 2.15. The van der Waals surface area contributed by atoms with Crippen LogP contribution in [0, 0.1) is 0 Å². The van der Waals surface area contributed by atoms with Crippen LogP contribution in [0.15, 0.2) is 23.8 Å². The molecule has 0 aliphatic rings. The maximum absolute atomic E-state index is 11.6. The number of hydrogen-bond acceptors (Lipinski definition) is 6. The Labute approximate surface area is 115 Å². The van der Waals surface area contributed by atoms with Crippen LogP contribution in [0.5, 0.6) is 0 Å². The van der Waals surface area contributed by atoms with Gasteiger partial charge in [-0.1, -0.05) is 0 Å². The molecule has 7 heteroatoms. The summed E-state index contributed by atoms with van der Waals surface area (Å²) in [4.78, 5) is 24.0. The number of amides is 1. The third-order valence-electron chi connectivity index (χ3n) is 2.13. The molecule has 2 heterocycles. The van der Waals surface area contributed by atoms with Crippen LogP contribution in [0.25, 0.3) is 0 Å². The molecule has 100 valence electrons. The van der Waals surface area contributed by atoms with Gasteiger partial charge in [-0.25, -0.2) is 15.0 Å². The van der Waals surface area contributed by atoms with Crippen LogP contribution in [-0.4, -0.2) is 26.9 Å². The van der Waals surface area contributed by atoms with Crippen molar-refractivity contribution < 1.29 is 4.79 Å². The molecule has 0 fully saturated rings. The van der Waals surface area contributed by atoms with Crippen LogP contribution in [0.3, 0.4) is 0 Å². The van der Waals surface area contributed by atoms with Gasteiger partial charge in [-0.05, 0) is 19.9 Å². The summed E-state index contributed by atoms with van der Waals surface area (Å²) in [5, 5.41) is 8.35. The molecule has 0 saturated carbocycles. The average molecular weight is 277 g/mol. The van der Waals surface area contributed by atoms with Crippen molar-refractivity contribution in [3.8, 4) is 0 Å². The van der Waals surface area contributed by atoms with Crippen molar-refractivity contribution in [3.05, 3.63) is 29.5 Å². The summed E-state index contributed by atoms with van der Waals surface area (Å²) in [6.07, 6.45) is 3.59. The summed E-state index contributed by atoms with van der Waals surface area (Å²) in [5.74, 6) is 0.470. The van der Waals surface area contributed by atoms with E-state index < -0.39 is 0 Å².